The number of hydrogen-bond donors (Lipinski definition) is 2. The molecule has 2 aromatic carbocycles. The zero-order chi connectivity index (χ0) is 17.5. The number of methoxy groups -OCH3 is 2. The highest BCUT2D eigenvalue weighted by atomic mass is 16.5. The SMILES string of the molecule is COc1ccc(OC)c(C[C@H](NC(=O)c2ccccc2)C(=O)O)c1. The first-order chi connectivity index (χ1) is 11.5. The van der Waals surface area contributed by atoms with Crippen LogP contribution in [0.1, 0.15) is 15.9 Å². The Morgan fingerprint density at radius 1 is 1.08 bits per heavy atom. The highest BCUT2D eigenvalue weighted by Crippen LogP contribution is 2.25. The molecule has 0 bridgehead atoms. The summed E-state index contributed by atoms with van der Waals surface area (Å²) in [4.78, 5) is 23.7. The van der Waals surface area contributed by atoms with E-state index in [1.165, 1.54) is 14.2 Å². The summed E-state index contributed by atoms with van der Waals surface area (Å²) in [5, 5.41) is 12.0. The fourth-order valence-electron chi connectivity index (χ4n) is 2.29. The van der Waals surface area contributed by atoms with Crippen molar-refractivity contribution in [2.75, 3.05) is 14.2 Å². The summed E-state index contributed by atoms with van der Waals surface area (Å²) in [6, 6.07) is 12.5. The number of amides is 1. The molecule has 0 heterocycles. The Morgan fingerprint density at radius 2 is 1.79 bits per heavy atom. The molecule has 0 saturated carbocycles. The van der Waals surface area contributed by atoms with Crippen LogP contribution in [-0.4, -0.2) is 37.2 Å². The van der Waals surface area contributed by atoms with E-state index in [4.69, 9.17) is 9.47 Å². The van der Waals surface area contributed by atoms with E-state index >= 15 is 0 Å². The van der Waals surface area contributed by atoms with Crippen LogP contribution < -0.4 is 14.8 Å². The van der Waals surface area contributed by atoms with Gasteiger partial charge in [0.2, 0.25) is 0 Å². The van der Waals surface area contributed by atoms with Crippen molar-refractivity contribution in [2.24, 2.45) is 0 Å². The maximum absolute atomic E-state index is 12.2. The molecule has 0 saturated heterocycles. The molecule has 0 fully saturated rings. The second kappa shape index (κ2) is 8.01. The van der Waals surface area contributed by atoms with E-state index < -0.39 is 17.9 Å². The maximum Gasteiger partial charge on any atom is 0.326 e. The zero-order valence-corrected chi connectivity index (χ0v) is 13.5. The average Bonchev–Trinajstić information content (AvgIpc) is 2.61. The minimum atomic E-state index is -1.12. The summed E-state index contributed by atoms with van der Waals surface area (Å²) in [5.74, 6) is -0.436. The Balaban J connectivity index is 2.20. The first-order valence-corrected chi connectivity index (χ1v) is 7.34. The number of rotatable bonds is 7. The van der Waals surface area contributed by atoms with Crippen LogP contribution in [0.15, 0.2) is 48.5 Å². The van der Waals surface area contributed by atoms with Crippen LogP contribution in [-0.2, 0) is 11.2 Å². The van der Waals surface area contributed by atoms with Gasteiger partial charge < -0.3 is 19.9 Å². The number of benzene rings is 2. The molecule has 0 aliphatic rings. The average molecular weight is 329 g/mol. The smallest absolute Gasteiger partial charge is 0.326 e. The number of aliphatic carboxylic acids is 1. The first-order valence-electron chi connectivity index (χ1n) is 7.34. The lowest BCUT2D eigenvalue weighted by molar-refractivity contribution is -0.139. The molecular weight excluding hydrogens is 310 g/mol. The first kappa shape index (κ1) is 17.3. The van der Waals surface area contributed by atoms with E-state index in [2.05, 4.69) is 5.32 Å². The highest BCUT2D eigenvalue weighted by Gasteiger charge is 2.23. The number of carboxylic acids is 1. The molecule has 1 amide bonds. The van der Waals surface area contributed by atoms with Crippen molar-refractivity contribution in [1.29, 1.82) is 0 Å². The van der Waals surface area contributed by atoms with Crippen LogP contribution in [0.5, 0.6) is 11.5 Å². The Morgan fingerprint density at radius 3 is 2.38 bits per heavy atom. The largest absolute Gasteiger partial charge is 0.497 e. The van der Waals surface area contributed by atoms with Gasteiger partial charge in [-0.15, -0.1) is 0 Å². The predicted molar refractivity (Wildman–Crippen MR) is 88.6 cm³/mol. The van der Waals surface area contributed by atoms with Crippen LogP contribution >= 0.6 is 0 Å². The third-order valence-corrected chi connectivity index (χ3v) is 3.55. The molecule has 2 N–H and O–H groups in total. The number of nitrogens with one attached hydrogen (secondary N) is 1. The van der Waals surface area contributed by atoms with Crippen molar-refractivity contribution in [3.8, 4) is 11.5 Å². The molecule has 2 aromatic rings. The summed E-state index contributed by atoms with van der Waals surface area (Å²) in [6.07, 6.45) is 0.0777. The minimum Gasteiger partial charge on any atom is -0.497 e. The molecule has 0 unspecified atom stereocenters. The van der Waals surface area contributed by atoms with Gasteiger partial charge in [0.25, 0.3) is 5.91 Å². The number of ether oxygens (including phenoxy) is 2. The lowest BCUT2D eigenvalue weighted by Gasteiger charge is -2.17. The Bertz CT molecular complexity index is 715. The lowest BCUT2D eigenvalue weighted by atomic mass is 10.0. The topological polar surface area (TPSA) is 84.9 Å². The van der Waals surface area contributed by atoms with E-state index in [0.29, 0.717) is 22.6 Å². The molecule has 24 heavy (non-hydrogen) atoms. The second-order valence-electron chi connectivity index (χ2n) is 5.11. The van der Waals surface area contributed by atoms with E-state index in [-0.39, 0.29) is 6.42 Å². The summed E-state index contributed by atoms with van der Waals surface area (Å²) < 4.78 is 10.4. The third kappa shape index (κ3) is 4.25. The van der Waals surface area contributed by atoms with Crippen molar-refractivity contribution in [3.05, 3.63) is 59.7 Å². The predicted octanol–water partition coefficient (Wildman–Crippen LogP) is 2.13. The fourth-order valence-corrected chi connectivity index (χ4v) is 2.29. The third-order valence-electron chi connectivity index (χ3n) is 3.55. The molecule has 1 atom stereocenters. The number of hydrogen-bond acceptors (Lipinski definition) is 4. The van der Waals surface area contributed by atoms with Crippen LogP contribution in [0.2, 0.25) is 0 Å². The molecule has 0 aromatic heterocycles. The summed E-state index contributed by atoms with van der Waals surface area (Å²) >= 11 is 0. The van der Waals surface area contributed by atoms with Crippen molar-refractivity contribution < 1.29 is 24.2 Å². The molecule has 126 valence electrons. The summed E-state index contributed by atoms with van der Waals surface area (Å²) in [7, 11) is 3.03. The molecular formula is C18H19NO5. The van der Waals surface area contributed by atoms with Gasteiger partial charge >= 0.3 is 5.97 Å². The van der Waals surface area contributed by atoms with Gasteiger partial charge in [0.05, 0.1) is 14.2 Å². The van der Waals surface area contributed by atoms with Crippen LogP contribution in [0, 0.1) is 0 Å². The van der Waals surface area contributed by atoms with Gasteiger partial charge in [-0.05, 0) is 30.3 Å². The molecule has 6 nitrogen and oxygen atoms in total. The lowest BCUT2D eigenvalue weighted by Crippen LogP contribution is -2.42. The van der Waals surface area contributed by atoms with Crippen molar-refractivity contribution in [1.82, 2.24) is 5.32 Å². The van der Waals surface area contributed by atoms with Crippen LogP contribution in [0.3, 0.4) is 0 Å². The van der Waals surface area contributed by atoms with Gasteiger partial charge in [-0.1, -0.05) is 18.2 Å². The number of carbonyl (C=O) groups excluding carboxylic acids is 1. The molecule has 0 spiro atoms. The van der Waals surface area contributed by atoms with Gasteiger partial charge in [0.15, 0.2) is 0 Å². The van der Waals surface area contributed by atoms with Crippen molar-refractivity contribution in [3.63, 3.8) is 0 Å². The van der Waals surface area contributed by atoms with Gasteiger partial charge in [-0.3, -0.25) is 4.79 Å². The molecule has 6 heteroatoms. The van der Waals surface area contributed by atoms with E-state index in [0.717, 1.165) is 0 Å². The molecule has 0 aliphatic carbocycles. The van der Waals surface area contributed by atoms with Gasteiger partial charge in [-0.25, -0.2) is 4.79 Å². The van der Waals surface area contributed by atoms with Gasteiger partial charge in [-0.2, -0.15) is 0 Å². The van der Waals surface area contributed by atoms with Gasteiger partial charge in [0.1, 0.15) is 17.5 Å². The number of carbonyl (C=O) groups is 2. The van der Waals surface area contributed by atoms with E-state index in [9.17, 15) is 14.7 Å². The maximum atomic E-state index is 12.2. The Kier molecular flexibility index (Phi) is 5.78. The Hall–Kier alpha value is -3.02. The monoisotopic (exact) mass is 329 g/mol. The minimum absolute atomic E-state index is 0.0777. The van der Waals surface area contributed by atoms with Crippen molar-refractivity contribution in [2.45, 2.75) is 12.5 Å². The highest BCUT2D eigenvalue weighted by molar-refractivity contribution is 5.96. The standard InChI is InChI=1S/C18H19NO5/c1-23-14-8-9-16(24-2)13(10-14)11-15(18(21)22)19-17(20)12-6-4-3-5-7-12/h3-10,15H,11H2,1-2H3,(H,19,20)(H,21,22)/t15-/m0/s1. The fraction of sp³-hybridized carbons (Fsp3) is 0.222. The van der Waals surface area contributed by atoms with Gasteiger partial charge in [0, 0.05) is 17.5 Å². The molecule has 0 radical (unpaired) electrons. The number of carboxylic acid groups (broad SMARTS) is 1. The van der Waals surface area contributed by atoms with Crippen LogP contribution in [0.25, 0.3) is 0 Å². The van der Waals surface area contributed by atoms with E-state index in [1.807, 2.05) is 0 Å². The van der Waals surface area contributed by atoms with E-state index in [1.54, 1.807) is 48.5 Å². The summed E-state index contributed by atoms with van der Waals surface area (Å²) in [6.45, 7) is 0. The second-order valence-corrected chi connectivity index (χ2v) is 5.11. The zero-order valence-electron chi connectivity index (χ0n) is 13.5. The molecule has 0 aliphatic heterocycles. The van der Waals surface area contributed by atoms with Crippen LogP contribution in [0.4, 0.5) is 0 Å². The quantitative estimate of drug-likeness (QED) is 0.813. The van der Waals surface area contributed by atoms with Crippen molar-refractivity contribution >= 4 is 11.9 Å². The normalized spacial score (nSPS) is 11.4. The molecule has 2 rings (SSSR count). The summed E-state index contributed by atoms with van der Waals surface area (Å²) in [5.41, 5.74) is 1.04. The Labute approximate surface area is 140 Å².